The van der Waals surface area contributed by atoms with E-state index in [2.05, 4.69) is 20.2 Å². The number of amides is 1. The lowest BCUT2D eigenvalue weighted by Gasteiger charge is -2.13. The van der Waals surface area contributed by atoms with Crippen molar-refractivity contribution in [3.8, 4) is 11.5 Å². The Balaban J connectivity index is 1.78. The summed E-state index contributed by atoms with van der Waals surface area (Å²) in [5, 5.41) is 7.12. The first-order chi connectivity index (χ1) is 14.4. The smallest absolute Gasteiger partial charge is 0.387 e. The number of ether oxygens (including phenoxy) is 2. The van der Waals surface area contributed by atoms with Crippen LogP contribution in [0.3, 0.4) is 0 Å². The van der Waals surface area contributed by atoms with Gasteiger partial charge in [0.25, 0.3) is 5.91 Å². The van der Waals surface area contributed by atoms with E-state index < -0.39 is 12.5 Å². The first-order valence-corrected chi connectivity index (χ1v) is 9.81. The quantitative estimate of drug-likeness (QED) is 0.507. The summed E-state index contributed by atoms with van der Waals surface area (Å²) >= 11 is 1.37. The second kappa shape index (κ2) is 9.57. The van der Waals surface area contributed by atoms with Gasteiger partial charge in [-0.05, 0) is 38.1 Å². The number of aryl methyl sites for hydroxylation is 2. The summed E-state index contributed by atoms with van der Waals surface area (Å²) in [6.45, 7) is 0.654. The second-order valence-corrected chi connectivity index (χ2v) is 7.11. The van der Waals surface area contributed by atoms with E-state index in [-0.39, 0.29) is 17.2 Å². The van der Waals surface area contributed by atoms with Crippen LogP contribution in [0.4, 0.5) is 14.5 Å². The highest BCUT2D eigenvalue weighted by Gasteiger charge is 2.17. The second-order valence-electron chi connectivity index (χ2n) is 6.15. The van der Waals surface area contributed by atoms with Crippen LogP contribution >= 0.6 is 11.8 Å². The van der Waals surface area contributed by atoms with E-state index in [1.807, 2.05) is 13.8 Å². The lowest BCUT2D eigenvalue weighted by atomic mass is 10.2. The normalized spacial score (nSPS) is 10.9. The SMILES string of the molecule is COc1ccc(NC(=O)c2cccnc2SCc2c(C)noc2C)cc1OC(F)F. The third kappa shape index (κ3) is 5.07. The van der Waals surface area contributed by atoms with Crippen molar-refractivity contribution in [3.63, 3.8) is 0 Å². The topological polar surface area (TPSA) is 86.5 Å². The molecule has 0 radical (unpaired) electrons. The zero-order chi connectivity index (χ0) is 21.7. The fraction of sp³-hybridized carbons (Fsp3) is 0.250. The Labute approximate surface area is 175 Å². The van der Waals surface area contributed by atoms with Crippen molar-refractivity contribution in [1.82, 2.24) is 10.1 Å². The summed E-state index contributed by atoms with van der Waals surface area (Å²) in [5.41, 5.74) is 2.36. The molecule has 30 heavy (non-hydrogen) atoms. The molecule has 0 aliphatic heterocycles. The van der Waals surface area contributed by atoms with Gasteiger partial charge < -0.3 is 19.3 Å². The highest BCUT2D eigenvalue weighted by atomic mass is 32.2. The molecular weight excluding hydrogens is 416 g/mol. The zero-order valence-corrected chi connectivity index (χ0v) is 17.3. The Morgan fingerprint density at radius 1 is 1.27 bits per heavy atom. The molecule has 0 saturated heterocycles. The largest absolute Gasteiger partial charge is 0.493 e. The number of methoxy groups -OCH3 is 1. The minimum atomic E-state index is -3.02. The van der Waals surface area contributed by atoms with Gasteiger partial charge in [-0.1, -0.05) is 5.16 Å². The number of nitrogens with one attached hydrogen (secondary N) is 1. The van der Waals surface area contributed by atoms with Crippen molar-refractivity contribution in [2.75, 3.05) is 12.4 Å². The average Bonchev–Trinajstić information content (AvgIpc) is 3.04. The number of benzene rings is 1. The highest BCUT2D eigenvalue weighted by Crippen LogP contribution is 2.32. The van der Waals surface area contributed by atoms with E-state index in [9.17, 15) is 13.6 Å². The van der Waals surface area contributed by atoms with Gasteiger partial charge in [-0.3, -0.25) is 4.79 Å². The van der Waals surface area contributed by atoms with Gasteiger partial charge in [0, 0.05) is 29.3 Å². The number of aromatic nitrogens is 2. The van der Waals surface area contributed by atoms with Gasteiger partial charge in [0.05, 0.1) is 18.4 Å². The van der Waals surface area contributed by atoms with Crippen LogP contribution in [0.2, 0.25) is 0 Å². The predicted octanol–water partition coefficient (Wildman–Crippen LogP) is 4.84. The molecule has 1 aromatic carbocycles. The van der Waals surface area contributed by atoms with Gasteiger partial charge in [-0.2, -0.15) is 8.78 Å². The van der Waals surface area contributed by atoms with Gasteiger partial charge in [0.2, 0.25) is 0 Å². The number of pyridine rings is 1. The summed E-state index contributed by atoms with van der Waals surface area (Å²) in [5.74, 6) is 0.770. The van der Waals surface area contributed by atoms with Crippen LogP contribution < -0.4 is 14.8 Å². The number of halogens is 2. The van der Waals surface area contributed by atoms with Gasteiger partial charge in [-0.15, -0.1) is 11.8 Å². The summed E-state index contributed by atoms with van der Waals surface area (Å²) in [6.07, 6.45) is 1.59. The third-order valence-electron chi connectivity index (χ3n) is 4.19. The van der Waals surface area contributed by atoms with Crippen LogP contribution in [0.1, 0.15) is 27.4 Å². The number of thioether (sulfide) groups is 1. The molecule has 0 bridgehead atoms. The molecule has 158 valence electrons. The number of hydrogen-bond donors (Lipinski definition) is 1. The molecule has 0 unspecified atom stereocenters. The zero-order valence-electron chi connectivity index (χ0n) is 16.4. The maximum atomic E-state index is 12.8. The molecule has 1 amide bonds. The summed E-state index contributed by atoms with van der Waals surface area (Å²) in [7, 11) is 1.34. The first-order valence-electron chi connectivity index (χ1n) is 8.82. The molecule has 1 N–H and O–H groups in total. The van der Waals surface area contributed by atoms with Crippen molar-refractivity contribution in [2.24, 2.45) is 0 Å². The minimum absolute atomic E-state index is 0.130. The van der Waals surface area contributed by atoms with Crippen molar-refractivity contribution in [2.45, 2.75) is 31.2 Å². The Hall–Kier alpha value is -3.14. The van der Waals surface area contributed by atoms with Crippen LogP contribution in [0.15, 0.2) is 46.1 Å². The molecule has 2 aromatic heterocycles. The van der Waals surface area contributed by atoms with Crippen LogP contribution in [-0.4, -0.2) is 29.8 Å². The standard InChI is InChI=1S/C20H19F2N3O4S/c1-11-15(12(2)29-25-11)10-30-19-14(5-4-8-23-19)18(26)24-13-6-7-16(27-3)17(9-13)28-20(21)22/h4-9,20H,10H2,1-3H3,(H,24,26). The summed E-state index contributed by atoms with van der Waals surface area (Å²) < 4.78 is 39.8. The molecule has 0 saturated carbocycles. The number of nitrogens with zero attached hydrogens (tertiary/aromatic N) is 2. The van der Waals surface area contributed by atoms with E-state index in [0.717, 1.165) is 11.3 Å². The molecule has 3 aromatic rings. The molecule has 0 fully saturated rings. The maximum absolute atomic E-state index is 12.8. The molecular formula is C20H19F2N3O4S. The van der Waals surface area contributed by atoms with E-state index >= 15 is 0 Å². The minimum Gasteiger partial charge on any atom is -0.493 e. The van der Waals surface area contributed by atoms with Crippen molar-refractivity contribution >= 4 is 23.4 Å². The van der Waals surface area contributed by atoms with E-state index in [0.29, 0.717) is 22.1 Å². The molecule has 0 aliphatic carbocycles. The number of alkyl halides is 2. The Morgan fingerprint density at radius 3 is 2.73 bits per heavy atom. The third-order valence-corrected chi connectivity index (χ3v) is 5.22. The number of rotatable bonds is 8. The van der Waals surface area contributed by atoms with Gasteiger partial charge in [0.15, 0.2) is 11.5 Å². The number of hydrogen-bond acceptors (Lipinski definition) is 7. The Morgan fingerprint density at radius 2 is 2.07 bits per heavy atom. The Bertz CT molecular complexity index is 1020. The molecule has 0 atom stereocenters. The van der Waals surface area contributed by atoms with Crippen molar-refractivity contribution < 1.29 is 27.6 Å². The maximum Gasteiger partial charge on any atom is 0.387 e. The number of carbonyl (C=O) groups is 1. The average molecular weight is 435 g/mol. The highest BCUT2D eigenvalue weighted by molar-refractivity contribution is 7.98. The molecule has 0 spiro atoms. The fourth-order valence-corrected chi connectivity index (χ4v) is 3.81. The van der Waals surface area contributed by atoms with Gasteiger partial charge >= 0.3 is 6.61 Å². The number of anilines is 1. The molecule has 2 heterocycles. The first kappa shape index (κ1) is 21.6. The van der Waals surface area contributed by atoms with Crippen LogP contribution in [0.25, 0.3) is 0 Å². The van der Waals surface area contributed by atoms with Crippen LogP contribution in [0, 0.1) is 13.8 Å². The molecule has 3 rings (SSSR count). The van der Waals surface area contributed by atoms with Crippen molar-refractivity contribution in [1.29, 1.82) is 0 Å². The molecule has 10 heteroatoms. The molecule has 7 nitrogen and oxygen atoms in total. The Kier molecular flexibility index (Phi) is 6.88. The fourth-order valence-electron chi connectivity index (χ4n) is 2.67. The van der Waals surface area contributed by atoms with Gasteiger partial charge in [0.1, 0.15) is 10.8 Å². The number of carbonyl (C=O) groups excluding carboxylic acids is 1. The molecule has 0 aliphatic rings. The van der Waals surface area contributed by atoms with E-state index in [1.165, 1.54) is 37.1 Å². The summed E-state index contributed by atoms with van der Waals surface area (Å²) in [6, 6.07) is 7.52. The van der Waals surface area contributed by atoms with Gasteiger partial charge in [-0.25, -0.2) is 4.98 Å². The monoisotopic (exact) mass is 435 g/mol. The van der Waals surface area contributed by atoms with E-state index in [1.54, 1.807) is 18.3 Å². The lowest BCUT2D eigenvalue weighted by molar-refractivity contribution is -0.0511. The van der Waals surface area contributed by atoms with Crippen LogP contribution in [-0.2, 0) is 5.75 Å². The predicted molar refractivity (Wildman–Crippen MR) is 107 cm³/mol. The van der Waals surface area contributed by atoms with Crippen LogP contribution in [0.5, 0.6) is 11.5 Å². The van der Waals surface area contributed by atoms with E-state index in [4.69, 9.17) is 9.26 Å². The van der Waals surface area contributed by atoms with Crippen molar-refractivity contribution in [3.05, 3.63) is 59.1 Å². The lowest BCUT2D eigenvalue weighted by Crippen LogP contribution is -2.14. The summed E-state index contributed by atoms with van der Waals surface area (Å²) in [4.78, 5) is 17.1.